The molecule has 0 aliphatic heterocycles. The first-order valence-corrected chi connectivity index (χ1v) is 6.35. The fourth-order valence-electron chi connectivity index (χ4n) is 1.67. The van der Waals surface area contributed by atoms with Crippen molar-refractivity contribution in [3.8, 4) is 0 Å². The summed E-state index contributed by atoms with van der Waals surface area (Å²) in [7, 11) is 0. The molecule has 0 saturated heterocycles. The molecule has 0 aliphatic rings. The first-order chi connectivity index (χ1) is 9.49. The Bertz CT molecular complexity index is 645. The van der Waals surface area contributed by atoms with Crippen LogP contribution in [-0.4, -0.2) is 4.92 Å². The van der Waals surface area contributed by atoms with Gasteiger partial charge in [-0.15, -0.1) is 0 Å². The predicted molar refractivity (Wildman–Crippen MR) is 76.8 cm³/mol. The summed E-state index contributed by atoms with van der Waals surface area (Å²) in [5, 5.41) is 14.4. The average molecular weight is 315 g/mol. The van der Waals surface area contributed by atoms with Gasteiger partial charge in [-0.05, 0) is 23.8 Å². The maximum absolute atomic E-state index is 13.5. The Morgan fingerprint density at radius 1 is 1.20 bits per heavy atom. The number of nitro groups is 1. The van der Waals surface area contributed by atoms with E-state index in [9.17, 15) is 14.5 Å². The molecule has 0 fully saturated rings. The molecule has 2 aromatic rings. The number of rotatable bonds is 4. The molecule has 0 spiro atoms. The highest BCUT2D eigenvalue weighted by Crippen LogP contribution is 2.30. The lowest BCUT2D eigenvalue weighted by atomic mass is 10.2. The second-order valence-corrected chi connectivity index (χ2v) is 4.81. The van der Waals surface area contributed by atoms with Gasteiger partial charge in [0.2, 0.25) is 5.82 Å². The highest BCUT2D eigenvalue weighted by Gasteiger charge is 2.14. The Morgan fingerprint density at radius 3 is 2.40 bits per heavy atom. The van der Waals surface area contributed by atoms with Crippen LogP contribution in [0.3, 0.4) is 0 Å². The van der Waals surface area contributed by atoms with Crippen LogP contribution in [0.5, 0.6) is 0 Å². The van der Waals surface area contributed by atoms with Crippen LogP contribution in [0.4, 0.5) is 15.8 Å². The number of hydrogen-bond donors (Lipinski definition) is 1. The molecule has 0 radical (unpaired) electrons. The van der Waals surface area contributed by atoms with Crippen molar-refractivity contribution in [3.05, 3.63) is 67.9 Å². The van der Waals surface area contributed by atoms with Crippen LogP contribution in [0.1, 0.15) is 5.56 Å². The molecule has 4 nitrogen and oxygen atoms in total. The molecule has 20 heavy (non-hydrogen) atoms. The van der Waals surface area contributed by atoms with E-state index in [4.69, 9.17) is 23.2 Å². The lowest BCUT2D eigenvalue weighted by molar-refractivity contribution is -0.387. The molecular formula is C13H9Cl2FN2O2. The van der Waals surface area contributed by atoms with Gasteiger partial charge in [-0.1, -0.05) is 35.3 Å². The van der Waals surface area contributed by atoms with E-state index < -0.39 is 16.4 Å². The van der Waals surface area contributed by atoms with Crippen molar-refractivity contribution >= 4 is 34.6 Å². The summed E-state index contributed by atoms with van der Waals surface area (Å²) in [4.78, 5) is 9.75. The third-order valence-corrected chi connectivity index (χ3v) is 3.27. The maximum Gasteiger partial charge on any atom is 0.304 e. The fourth-order valence-corrected chi connectivity index (χ4v) is 2.20. The van der Waals surface area contributed by atoms with E-state index in [1.54, 1.807) is 18.2 Å². The topological polar surface area (TPSA) is 55.2 Å². The van der Waals surface area contributed by atoms with Gasteiger partial charge in [-0.25, -0.2) is 0 Å². The molecule has 0 saturated carbocycles. The quantitative estimate of drug-likeness (QED) is 0.660. The van der Waals surface area contributed by atoms with Gasteiger partial charge in [0.1, 0.15) is 0 Å². The van der Waals surface area contributed by atoms with E-state index in [1.807, 2.05) is 0 Å². The minimum absolute atomic E-state index is 0.248. The molecule has 0 unspecified atom stereocenters. The van der Waals surface area contributed by atoms with Crippen LogP contribution >= 0.6 is 23.2 Å². The number of hydrogen-bond acceptors (Lipinski definition) is 3. The summed E-state index contributed by atoms with van der Waals surface area (Å²) in [6.07, 6.45) is 0. The van der Waals surface area contributed by atoms with Crippen molar-refractivity contribution in [2.24, 2.45) is 0 Å². The van der Waals surface area contributed by atoms with Crippen molar-refractivity contribution in [3.63, 3.8) is 0 Å². The second-order valence-electron chi connectivity index (χ2n) is 3.99. The summed E-state index contributed by atoms with van der Waals surface area (Å²) in [5.41, 5.74) is 0.531. The number of benzene rings is 2. The van der Waals surface area contributed by atoms with Gasteiger partial charge >= 0.3 is 5.69 Å². The minimum atomic E-state index is -0.875. The van der Waals surface area contributed by atoms with Crippen molar-refractivity contribution < 1.29 is 9.31 Å². The third kappa shape index (κ3) is 3.18. The number of para-hydroxylation sites is 1. The van der Waals surface area contributed by atoms with Gasteiger partial charge in [0.25, 0.3) is 0 Å². The van der Waals surface area contributed by atoms with Crippen LogP contribution in [0.15, 0.2) is 36.4 Å². The number of nitro benzene ring substituents is 1. The molecule has 2 rings (SSSR count). The molecule has 0 atom stereocenters. The van der Waals surface area contributed by atoms with E-state index in [0.29, 0.717) is 21.3 Å². The van der Waals surface area contributed by atoms with Crippen LogP contribution < -0.4 is 5.32 Å². The van der Waals surface area contributed by atoms with Crippen molar-refractivity contribution in [2.45, 2.75) is 6.54 Å². The molecular weight excluding hydrogens is 306 g/mol. The van der Waals surface area contributed by atoms with Crippen LogP contribution in [0.2, 0.25) is 10.0 Å². The van der Waals surface area contributed by atoms with Crippen LogP contribution in [0.25, 0.3) is 0 Å². The van der Waals surface area contributed by atoms with Gasteiger partial charge in [0, 0.05) is 12.6 Å². The van der Waals surface area contributed by atoms with Crippen LogP contribution in [0, 0.1) is 15.9 Å². The molecule has 0 bridgehead atoms. The largest absolute Gasteiger partial charge is 0.379 e. The number of halogens is 3. The monoisotopic (exact) mass is 314 g/mol. The summed E-state index contributed by atoms with van der Waals surface area (Å²) in [6.45, 7) is 0.248. The Kier molecular flexibility index (Phi) is 4.42. The molecule has 0 aromatic heterocycles. The SMILES string of the molecule is O=[N+]([O-])c1ccc(CNc2c(Cl)cccc2Cl)cc1F. The van der Waals surface area contributed by atoms with E-state index in [0.717, 1.165) is 12.1 Å². The Hall–Kier alpha value is -1.85. The third-order valence-electron chi connectivity index (χ3n) is 2.64. The molecule has 7 heteroatoms. The molecule has 0 amide bonds. The highest BCUT2D eigenvalue weighted by molar-refractivity contribution is 6.39. The minimum Gasteiger partial charge on any atom is -0.379 e. The van der Waals surface area contributed by atoms with Crippen LogP contribution in [-0.2, 0) is 6.54 Å². The standard InChI is InChI=1S/C13H9Cl2FN2O2/c14-9-2-1-3-10(15)13(9)17-7-8-4-5-12(18(19)20)11(16)6-8/h1-6,17H,7H2. The van der Waals surface area contributed by atoms with Gasteiger partial charge in [0.05, 0.1) is 20.7 Å². The Labute approximate surface area is 124 Å². The van der Waals surface area contributed by atoms with Crippen molar-refractivity contribution in [1.82, 2.24) is 0 Å². The average Bonchev–Trinajstić information content (AvgIpc) is 2.37. The molecule has 104 valence electrons. The fraction of sp³-hybridized carbons (Fsp3) is 0.0769. The molecule has 0 aliphatic carbocycles. The first-order valence-electron chi connectivity index (χ1n) is 5.59. The smallest absolute Gasteiger partial charge is 0.304 e. The lowest BCUT2D eigenvalue weighted by Crippen LogP contribution is -2.02. The van der Waals surface area contributed by atoms with E-state index in [1.165, 1.54) is 6.07 Å². The zero-order valence-corrected chi connectivity index (χ0v) is 11.6. The maximum atomic E-state index is 13.5. The predicted octanol–water partition coefficient (Wildman–Crippen LogP) is 4.65. The Morgan fingerprint density at radius 2 is 1.85 bits per heavy atom. The second kappa shape index (κ2) is 6.07. The lowest BCUT2D eigenvalue weighted by Gasteiger charge is -2.10. The normalized spacial score (nSPS) is 10.3. The number of nitrogens with one attached hydrogen (secondary N) is 1. The summed E-state index contributed by atoms with van der Waals surface area (Å²) >= 11 is 12.0. The van der Waals surface area contributed by atoms with E-state index >= 15 is 0 Å². The zero-order chi connectivity index (χ0) is 14.7. The van der Waals surface area contributed by atoms with E-state index in [2.05, 4.69) is 5.32 Å². The van der Waals surface area contributed by atoms with Gasteiger partial charge in [0.15, 0.2) is 0 Å². The van der Waals surface area contributed by atoms with Gasteiger partial charge in [-0.3, -0.25) is 10.1 Å². The van der Waals surface area contributed by atoms with E-state index in [-0.39, 0.29) is 6.54 Å². The molecule has 2 aromatic carbocycles. The highest BCUT2D eigenvalue weighted by atomic mass is 35.5. The molecule has 1 N–H and O–H groups in total. The number of nitrogens with zero attached hydrogens (tertiary/aromatic N) is 1. The summed E-state index contributed by atoms with van der Waals surface area (Å²) in [6, 6.07) is 8.76. The van der Waals surface area contributed by atoms with Gasteiger partial charge < -0.3 is 5.32 Å². The van der Waals surface area contributed by atoms with Crippen molar-refractivity contribution in [2.75, 3.05) is 5.32 Å². The summed E-state index contributed by atoms with van der Waals surface area (Å²) < 4.78 is 13.5. The van der Waals surface area contributed by atoms with Gasteiger partial charge in [-0.2, -0.15) is 4.39 Å². The van der Waals surface area contributed by atoms with Crippen molar-refractivity contribution in [1.29, 1.82) is 0 Å². The number of anilines is 1. The Balaban J connectivity index is 2.16. The zero-order valence-electron chi connectivity index (χ0n) is 10.1. The molecule has 0 heterocycles. The first kappa shape index (κ1) is 14.6. The summed E-state index contributed by atoms with van der Waals surface area (Å²) in [5.74, 6) is -0.875.